The summed E-state index contributed by atoms with van der Waals surface area (Å²) in [6.07, 6.45) is 4.81. The van der Waals surface area contributed by atoms with Crippen molar-refractivity contribution in [1.29, 1.82) is 0 Å². The van der Waals surface area contributed by atoms with Gasteiger partial charge < -0.3 is 15.7 Å². The predicted molar refractivity (Wildman–Crippen MR) is 80.7 cm³/mol. The first kappa shape index (κ1) is 15.0. The molecule has 1 aliphatic carbocycles. The molecule has 1 amide bonds. The summed E-state index contributed by atoms with van der Waals surface area (Å²) in [7, 11) is 0. The third-order valence-corrected chi connectivity index (χ3v) is 3.84. The van der Waals surface area contributed by atoms with Crippen molar-refractivity contribution in [3.05, 3.63) is 29.8 Å². The van der Waals surface area contributed by atoms with Gasteiger partial charge in [-0.15, -0.1) is 0 Å². The maximum atomic E-state index is 11.9. The summed E-state index contributed by atoms with van der Waals surface area (Å²) in [5.41, 5.74) is 1.98. The zero-order valence-corrected chi connectivity index (χ0v) is 12.1. The van der Waals surface area contributed by atoms with E-state index in [0.717, 1.165) is 31.4 Å². The van der Waals surface area contributed by atoms with Crippen molar-refractivity contribution in [3.8, 4) is 0 Å². The molecular formula is C16H24N2O2. The molecule has 2 rings (SSSR count). The fraction of sp³-hybridized carbons (Fsp3) is 0.562. The molecule has 20 heavy (non-hydrogen) atoms. The Morgan fingerprint density at radius 1 is 1.20 bits per heavy atom. The number of aliphatic hydroxyl groups is 1. The van der Waals surface area contributed by atoms with E-state index in [0.29, 0.717) is 0 Å². The van der Waals surface area contributed by atoms with E-state index in [2.05, 4.69) is 10.6 Å². The van der Waals surface area contributed by atoms with E-state index in [1.54, 1.807) is 0 Å². The van der Waals surface area contributed by atoms with Crippen molar-refractivity contribution in [1.82, 2.24) is 5.32 Å². The third-order valence-electron chi connectivity index (χ3n) is 3.84. The van der Waals surface area contributed by atoms with Gasteiger partial charge in [0.15, 0.2) is 0 Å². The van der Waals surface area contributed by atoms with Crippen LogP contribution >= 0.6 is 0 Å². The fourth-order valence-electron chi connectivity index (χ4n) is 2.59. The Morgan fingerprint density at radius 2 is 1.90 bits per heavy atom. The summed E-state index contributed by atoms with van der Waals surface area (Å²) in [5, 5.41) is 16.0. The minimum Gasteiger partial charge on any atom is -0.392 e. The predicted octanol–water partition coefficient (Wildman–Crippen LogP) is 2.22. The number of carbonyl (C=O) groups is 1. The number of aryl methyl sites for hydroxylation is 1. The zero-order valence-electron chi connectivity index (χ0n) is 12.1. The monoisotopic (exact) mass is 276 g/mol. The Bertz CT molecular complexity index is 431. The van der Waals surface area contributed by atoms with Crippen LogP contribution in [0.15, 0.2) is 24.3 Å². The molecule has 0 aliphatic heterocycles. The summed E-state index contributed by atoms with van der Waals surface area (Å²) in [6.45, 7) is 2.26. The number of aliphatic hydroxyl groups excluding tert-OH is 1. The van der Waals surface area contributed by atoms with Gasteiger partial charge in [-0.25, -0.2) is 0 Å². The molecule has 0 saturated heterocycles. The lowest BCUT2D eigenvalue weighted by atomic mass is 10.1. The highest BCUT2D eigenvalue weighted by atomic mass is 16.3. The molecule has 0 heterocycles. The number of amides is 1. The standard InChI is InChI=1S/C16H24N2O2/c1-12-7-9-13(10-8-12)18-16(20)11-17-14-5-3-2-4-6-15(14)19/h7-10,14-15,17,19H,2-6,11H2,1H3,(H,18,20). The second kappa shape index (κ2) is 7.41. The lowest BCUT2D eigenvalue weighted by Gasteiger charge is -2.21. The van der Waals surface area contributed by atoms with E-state index in [9.17, 15) is 9.90 Å². The van der Waals surface area contributed by atoms with Gasteiger partial charge in [-0.3, -0.25) is 4.79 Å². The SMILES string of the molecule is Cc1ccc(NC(=O)CNC2CCCCCC2O)cc1. The second-order valence-electron chi connectivity index (χ2n) is 5.61. The molecular weight excluding hydrogens is 252 g/mol. The molecule has 1 fully saturated rings. The van der Waals surface area contributed by atoms with Crippen LogP contribution in [0.25, 0.3) is 0 Å². The van der Waals surface area contributed by atoms with Gasteiger partial charge >= 0.3 is 0 Å². The summed E-state index contributed by atoms with van der Waals surface area (Å²) in [5.74, 6) is -0.0645. The summed E-state index contributed by atoms with van der Waals surface area (Å²) in [4.78, 5) is 11.9. The Morgan fingerprint density at radius 3 is 2.65 bits per heavy atom. The zero-order chi connectivity index (χ0) is 14.4. The van der Waals surface area contributed by atoms with Crippen LogP contribution < -0.4 is 10.6 Å². The highest BCUT2D eigenvalue weighted by Gasteiger charge is 2.21. The van der Waals surface area contributed by atoms with E-state index in [4.69, 9.17) is 0 Å². The van der Waals surface area contributed by atoms with Crippen LogP contribution in [0.3, 0.4) is 0 Å². The molecule has 4 heteroatoms. The van der Waals surface area contributed by atoms with E-state index >= 15 is 0 Å². The Labute approximate surface area is 120 Å². The van der Waals surface area contributed by atoms with Crippen LogP contribution in [0.1, 0.15) is 37.7 Å². The lowest BCUT2D eigenvalue weighted by molar-refractivity contribution is -0.115. The number of hydrogen-bond donors (Lipinski definition) is 3. The van der Waals surface area contributed by atoms with Crippen molar-refractivity contribution < 1.29 is 9.90 Å². The van der Waals surface area contributed by atoms with Gasteiger partial charge in [0.2, 0.25) is 5.91 Å². The first-order chi connectivity index (χ1) is 9.65. The van der Waals surface area contributed by atoms with E-state index in [1.807, 2.05) is 31.2 Å². The summed E-state index contributed by atoms with van der Waals surface area (Å²) < 4.78 is 0. The number of rotatable bonds is 4. The largest absolute Gasteiger partial charge is 0.392 e. The smallest absolute Gasteiger partial charge is 0.238 e. The van der Waals surface area contributed by atoms with Gasteiger partial charge in [0.25, 0.3) is 0 Å². The molecule has 0 aromatic heterocycles. The lowest BCUT2D eigenvalue weighted by Crippen LogP contribution is -2.42. The number of nitrogens with one attached hydrogen (secondary N) is 2. The minimum absolute atomic E-state index is 0.0428. The van der Waals surface area contributed by atoms with Crippen LogP contribution in [-0.4, -0.2) is 29.7 Å². The van der Waals surface area contributed by atoms with Crippen molar-refractivity contribution in [2.45, 2.75) is 51.2 Å². The van der Waals surface area contributed by atoms with Crippen LogP contribution in [0.5, 0.6) is 0 Å². The van der Waals surface area contributed by atoms with Crippen molar-refractivity contribution in [3.63, 3.8) is 0 Å². The summed E-state index contributed by atoms with van der Waals surface area (Å²) >= 11 is 0. The first-order valence-corrected chi connectivity index (χ1v) is 7.43. The maximum absolute atomic E-state index is 11.9. The number of anilines is 1. The normalized spacial score (nSPS) is 23.1. The van der Waals surface area contributed by atoms with Gasteiger partial charge in [-0.2, -0.15) is 0 Å². The highest BCUT2D eigenvalue weighted by Crippen LogP contribution is 2.17. The average molecular weight is 276 g/mol. The molecule has 0 radical (unpaired) electrons. The summed E-state index contributed by atoms with van der Waals surface area (Å²) in [6, 6.07) is 7.78. The highest BCUT2D eigenvalue weighted by molar-refractivity contribution is 5.92. The number of carbonyl (C=O) groups excluding carboxylic acids is 1. The molecule has 0 spiro atoms. The number of benzene rings is 1. The van der Waals surface area contributed by atoms with Crippen LogP contribution in [0.2, 0.25) is 0 Å². The van der Waals surface area contributed by atoms with Gasteiger partial charge in [0, 0.05) is 11.7 Å². The quantitative estimate of drug-likeness (QED) is 0.739. The van der Waals surface area contributed by atoms with Gasteiger partial charge in [-0.1, -0.05) is 37.0 Å². The molecule has 2 unspecified atom stereocenters. The molecule has 1 aromatic carbocycles. The molecule has 0 bridgehead atoms. The molecule has 3 N–H and O–H groups in total. The second-order valence-corrected chi connectivity index (χ2v) is 5.61. The molecule has 2 atom stereocenters. The van der Waals surface area contributed by atoms with Gasteiger partial charge in [0.05, 0.1) is 12.6 Å². The maximum Gasteiger partial charge on any atom is 0.238 e. The molecule has 110 valence electrons. The topological polar surface area (TPSA) is 61.4 Å². The molecule has 1 aliphatic rings. The van der Waals surface area contributed by atoms with Crippen molar-refractivity contribution in [2.75, 3.05) is 11.9 Å². The third kappa shape index (κ3) is 4.62. The first-order valence-electron chi connectivity index (χ1n) is 7.43. The minimum atomic E-state index is -0.329. The van der Waals surface area contributed by atoms with Crippen LogP contribution in [0, 0.1) is 6.92 Å². The van der Waals surface area contributed by atoms with Crippen LogP contribution in [-0.2, 0) is 4.79 Å². The van der Waals surface area contributed by atoms with Gasteiger partial charge in [0.1, 0.15) is 0 Å². The van der Waals surface area contributed by atoms with Gasteiger partial charge in [-0.05, 0) is 31.9 Å². The molecule has 1 saturated carbocycles. The van der Waals surface area contributed by atoms with E-state index in [-0.39, 0.29) is 24.6 Å². The average Bonchev–Trinajstić information content (AvgIpc) is 2.64. The Hall–Kier alpha value is -1.39. The Kier molecular flexibility index (Phi) is 5.56. The fourth-order valence-corrected chi connectivity index (χ4v) is 2.59. The molecule has 1 aromatic rings. The Balaban J connectivity index is 1.78. The van der Waals surface area contributed by atoms with Crippen LogP contribution in [0.4, 0.5) is 5.69 Å². The van der Waals surface area contributed by atoms with E-state index in [1.165, 1.54) is 12.0 Å². The van der Waals surface area contributed by atoms with E-state index < -0.39 is 0 Å². The number of hydrogen-bond acceptors (Lipinski definition) is 3. The van der Waals surface area contributed by atoms with Crippen molar-refractivity contribution in [2.24, 2.45) is 0 Å². The molecule has 4 nitrogen and oxygen atoms in total. The van der Waals surface area contributed by atoms with Crippen molar-refractivity contribution >= 4 is 11.6 Å².